The van der Waals surface area contributed by atoms with E-state index >= 15 is 0 Å². The summed E-state index contributed by atoms with van der Waals surface area (Å²) >= 11 is 0. The minimum Gasteiger partial charge on any atom is -0.490 e. The summed E-state index contributed by atoms with van der Waals surface area (Å²) in [7, 11) is 0. The third-order valence-corrected chi connectivity index (χ3v) is 10.8. The maximum Gasteiger partial charge on any atom is 0.410 e. The summed E-state index contributed by atoms with van der Waals surface area (Å²) in [6.45, 7) is 17.7. The Labute approximate surface area is 311 Å². The van der Waals surface area contributed by atoms with Gasteiger partial charge in [0.15, 0.2) is 11.6 Å². The first-order chi connectivity index (χ1) is 25.3. The molecule has 5 heterocycles. The van der Waals surface area contributed by atoms with E-state index in [0.29, 0.717) is 24.0 Å². The van der Waals surface area contributed by atoms with Gasteiger partial charge >= 0.3 is 6.09 Å². The first-order valence-electron chi connectivity index (χ1n) is 19.0. The van der Waals surface area contributed by atoms with Crippen molar-refractivity contribution in [1.82, 2.24) is 29.7 Å². The van der Waals surface area contributed by atoms with Crippen molar-refractivity contribution in [2.75, 3.05) is 50.7 Å². The highest BCUT2D eigenvalue weighted by atomic mass is 19.1. The number of carbonyl (C=O) groups is 2. The Kier molecular flexibility index (Phi) is 10.2. The van der Waals surface area contributed by atoms with E-state index in [1.165, 1.54) is 30.1 Å². The number of hydrogen-bond acceptors (Lipinski definition) is 10. The fourth-order valence-electron chi connectivity index (χ4n) is 8.31. The van der Waals surface area contributed by atoms with E-state index in [0.717, 1.165) is 82.9 Å². The van der Waals surface area contributed by atoms with Crippen molar-refractivity contribution in [3.05, 3.63) is 65.6 Å². The number of fused-ring (bicyclic) bond motifs is 1. The van der Waals surface area contributed by atoms with E-state index in [1.807, 2.05) is 58.7 Å². The number of benzene rings is 1. The van der Waals surface area contributed by atoms with Crippen molar-refractivity contribution < 1.29 is 28.2 Å². The van der Waals surface area contributed by atoms with Gasteiger partial charge in [0.1, 0.15) is 35.3 Å². The van der Waals surface area contributed by atoms with Crippen LogP contribution >= 0.6 is 0 Å². The molecule has 1 saturated carbocycles. The number of halogens is 1. The minimum absolute atomic E-state index is 0.0486. The van der Waals surface area contributed by atoms with E-state index in [2.05, 4.69) is 19.8 Å². The molecule has 12 nitrogen and oxygen atoms in total. The Morgan fingerprint density at radius 2 is 1.87 bits per heavy atom. The molecule has 0 bridgehead atoms. The topological polar surface area (TPSA) is 113 Å². The summed E-state index contributed by atoms with van der Waals surface area (Å²) in [5.41, 5.74) is 2.09. The molecule has 2 amide bonds. The van der Waals surface area contributed by atoms with Crippen LogP contribution in [0.15, 0.2) is 43.0 Å². The molecular weight excluding hydrogens is 677 g/mol. The Morgan fingerprint density at radius 1 is 1.08 bits per heavy atom. The number of rotatable bonds is 10. The van der Waals surface area contributed by atoms with Gasteiger partial charge in [0.2, 0.25) is 0 Å². The fraction of sp³-hybridized carbons (Fsp3) is 0.575. The number of carbonyl (C=O) groups excluding carboxylic acids is 2. The Balaban J connectivity index is 0.941. The van der Waals surface area contributed by atoms with E-state index in [-0.39, 0.29) is 40.9 Å². The van der Waals surface area contributed by atoms with Crippen LogP contribution in [-0.2, 0) is 17.7 Å². The predicted octanol–water partition coefficient (Wildman–Crippen LogP) is 6.34. The van der Waals surface area contributed by atoms with Crippen molar-refractivity contribution in [3.8, 4) is 17.2 Å². The van der Waals surface area contributed by atoms with Gasteiger partial charge in [0, 0.05) is 87.7 Å². The molecule has 284 valence electrons. The van der Waals surface area contributed by atoms with Crippen LogP contribution in [0.3, 0.4) is 0 Å². The summed E-state index contributed by atoms with van der Waals surface area (Å²) in [6, 6.07) is 5.97. The fourth-order valence-corrected chi connectivity index (χ4v) is 8.31. The Bertz CT molecular complexity index is 1820. The summed E-state index contributed by atoms with van der Waals surface area (Å²) in [6.07, 6.45) is 8.58. The molecule has 1 atom stereocenters. The first-order valence-corrected chi connectivity index (χ1v) is 19.0. The van der Waals surface area contributed by atoms with Gasteiger partial charge in [-0.05, 0) is 91.0 Å². The molecule has 0 unspecified atom stereocenters. The van der Waals surface area contributed by atoms with E-state index in [1.54, 1.807) is 11.1 Å². The average Bonchev–Trinajstić information content (AvgIpc) is 3.54. The lowest BCUT2D eigenvalue weighted by Crippen LogP contribution is -2.65. The quantitative estimate of drug-likeness (QED) is 0.235. The zero-order valence-corrected chi connectivity index (χ0v) is 31.8. The molecule has 0 radical (unpaired) electrons. The third kappa shape index (κ3) is 8.05. The van der Waals surface area contributed by atoms with Crippen LogP contribution in [0, 0.1) is 17.2 Å². The van der Waals surface area contributed by atoms with Gasteiger partial charge in [-0.25, -0.2) is 19.2 Å². The van der Waals surface area contributed by atoms with E-state index in [9.17, 15) is 14.0 Å². The third-order valence-electron chi connectivity index (χ3n) is 10.8. The lowest BCUT2D eigenvalue weighted by Gasteiger charge is -2.59. The molecular formula is C40H52FN7O5. The van der Waals surface area contributed by atoms with Gasteiger partial charge < -0.3 is 28.9 Å². The van der Waals surface area contributed by atoms with Crippen molar-refractivity contribution in [1.29, 1.82) is 0 Å². The van der Waals surface area contributed by atoms with Crippen molar-refractivity contribution in [3.63, 3.8) is 0 Å². The molecule has 4 aliphatic rings. The molecule has 1 spiro atoms. The molecule has 0 N–H and O–H groups in total. The lowest BCUT2D eigenvalue weighted by atomic mass is 9.61. The van der Waals surface area contributed by atoms with Crippen LogP contribution in [-0.4, -0.2) is 105 Å². The molecule has 2 saturated heterocycles. The SMILES string of the molecule is CCN(C(=O)c1cc(F)ccc1Oc1cncnc1N1CC2(CC(Oc3ccnc4c3CN(C[C@@H]3CCN(C(=O)OC(C)(C)C)C3)CC4)C2)C1)C(C)C. The van der Waals surface area contributed by atoms with Gasteiger partial charge in [-0.3, -0.25) is 14.7 Å². The second-order valence-electron chi connectivity index (χ2n) is 16.4. The normalized spacial score (nSPS) is 19.8. The number of likely N-dealkylation sites (tertiary alicyclic amines) is 1. The Hall–Kier alpha value is -4.52. The van der Waals surface area contributed by atoms with Crippen LogP contribution in [0.5, 0.6) is 17.2 Å². The molecule has 3 aliphatic heterocycles. The second kappa shape index (κ2) is 14.7. The molecule has 3 fully saturated rings. The molecule has 53 heavy (non-hydrogen) atoms. The number of anilines is 1. The van der Waals surface area contributed by atoms with Crippen LogP contribution in [0.25, 0.3) is 0 Å². The highest BCUT2D eigenvalue weighted by Gasteiger charge is 2.54. The van der Waals surface area contributed by atoms with Crippen LogP contribution in [0.1, 0.15) is 82.4 Å². The minimum atomic E-state index is -0.502. The summed E-state index contributed by atoms with van der Waals surface area (Å²) in [5, 5.41) is 0. The van der Waals surface area contributed by atoms with Crippen LogP contribution in [0.2, 0.25) is 0 Å². The Morgan fingerprint density at radius 3 is 2.60 bits per heavy atom. The average molecular weight is 730 g/mol. The predicted molar refractivity (Wildman–Crippen MR) is 198 cm³/mol. The van der Waals surface area contributed by atoms with Gasteiger partial charge in [-0.1, -0.05) is 0 Å². The highest BCUT2D eigenvalue weighted by molar-refractivity contribution is 5.97. The summed E-state index contributed by atoms with van der Waals surface area (Å²) in [5.74, 6) is 1.88. The summed E-state index contributed by atoms with van der Waals surface area (Å²) in [4.78, 5) is 47.6. The molecule has 13 heteroatoms. The second-order valence-corrected chi connectivity index (χ2v) is 16.4. The zero-order valence-electron chi connectivity index (χ0n) is 31.8. The van der Waals surface area contributed by atoms with E-state index in [4.69, 9.17) is 19.2 Å². The van der Waals surface area contributed by atoms with Crippen molar-refractivity contribution in [2.45, 2.75) is 91.5 Å². The van der Waals surface area contributed by atoms with Crippen LogP contribution < -0.4 is 14.4 Å². The smallest absolute Gasteiger partial charge is 0.410 e. The number of pyridine rings is 1. The molecule has 3 aromatic rings. The number of amides is 2. The standard InChI is InChI=1S/C40H52FN7O5/c1-7-48(26(2)3)37(49)30-16-28(41)8-9-33(30)52-35-19-42-25-44-36(35)47-23-40(24-47)17-29(18-40)51-34-10-13-43-32-12-14-45(22-31(32)34)20-27-11-15-46(21-27)38(50)53-39(4,5)6/h8-10,13,16,19,25-27,29H,7,11-12,14-15,17-18,20-24H2,1-6H3/t27-/m0/s1. The van der Waals surface area contributed by atoms with Gasteiger partial charge in [0.05, 0.1) is 11.8 Å². The monoisotopic (exact) mass is 729 g/mol. The number of ether oxygens (including phenoxy) is 3. The molecule has 7 rings (SSSR count). The van der Waals surface area contributed by atoms with Gasteiger partial charge in [-0.15, -0.1) is 0 Å². The number of hydrogen-bond donors (Lipinski definition) is 0. The largest absolute Gasteiger partial charge is 0.490 e. The molecule has 2 aromatic heterocycles. The zero-order chi connectivity index (χ0) is 37.5. The number of nitrogens with zero attached hydrogens (tertiary/aromatic N) is 7. The van der Waals surface area contributed by atoms with Crippen molar-refractivity contribution in [2.24, 2.45) is 11.3 Å². The first kappa shape index (κ1) is 36.8. The van der Waals surface area contributed by atoms with Crippen molar-refractivity contribution >= 4 is 17.8 Å². The highest BCUT2D eigenvalue weighted by Crippen LogP contribution is 2.52. The van der Waals surface area contributed by atoms with Crippen LogP contribution in [0.4, 0.5) is 15.0 Å². The van der Waals surface area contributed by atoms with Gasteiger partial charge in [0.25, 0.3) is 5.91 Å². The maximum absolute atomic E-state index is 14.3. The maximum atomic E-state index is 14.3. The summed E-state index contributed by atoms with van der Waals surface area (Å²) < 4.78 is 32.9. The lowest BCUT2D eigenvalue weighted by molar-refractivity contribution is -0.0353. The molecule has 1 aromatic carbocycles. The number of aromatic nitrogens is 3. The molecule has 1 aliphatic carbocycles. The van der Waals surface area contributed by atoms with E-state index < -0.39 is 11.4 Å². The van der Waals surface area contributed by atoms with Gasteiger partial charge in [-0.2, -0.15) is 0 Å².